The van der Waals surface area contributed by atoms with Gasteiger partial charge in [0.15, 0.2) is 23.9 Å². The normalized spacial score (nSPS) is 11.1. The van der Waals surface area contributed by atoms with Gasteiger partial charge in [-0.2, -0.15) is 5.26 Å². The van der Waals surface area contributed by atoms with Gasteiger partial charge >= 0.3 is 0 Å². The number of nitrogens with one attached hydrogen (secondary N) is 2. The molecular weight excluding hydrogens is 444 g/mol. The number of allylic oxidation sites excluding steroid dienone is 1. The highest BCUT2D eigenvalue weighted by molar-refractivity contribution is 5.92. The fourth-order valence-electron chi connectivity index (χ4n) is 3.40. The minimum atomic E-state index is -0.322. The summed E-state index contributed by atoms with van der Waals surface area (Å²) in [6.07, 6.45) is 1.59. The van der Waals surface area contributed by atoms with Crippen molar-refractivity contribution in [2.75, 3.05) is 19.0 Å². The second-order valence-electron chi connectivity index (χ2n) is 7.71. The number of benzene rings is 3. The molecule has 0 aliphatic rings. The topological polar surface area (TPSA) is 117 Å². The van der Waals surface area contributed by atoms with Gasteiger partial charge in [-0.25, -0.2) is 4.98 Å². The number of ether oxygens (including phenoxy) is 2. The summed E-state index contributed by atoms with van der Waals surface area (Å²) >= 11 is 0. The molecule has 0 radical (unpaired) electrons. The zero-order valence-corrected chi connectivity index (χ0v) is 19.2. The highest BCUT2D eigenvalue weighted by Crippen LogP contribution is 2.29. The summed E-state index contributed by atoms with van der Waals surface area (Å²) in [5.41, 5.74) is 2.77. The van der Waals surface area contributed by atoms with Crippen molar-refractivity contribution in [2.45, 2.75) is 6.92 Å². The van der Waals surface area contributed by atoms with Gasteiger partial charge in [-0.3, -0.25) is 9.59 Å². The summed E-state index contributed by atoms with van der Waals surface area (Å²) in [4.78, 5) is 31.7. The molecule has 2 N–H and O–H groups in total. The predicted molar refractivity (Wildman–Crippen MR) is 134 cm³/mol. The van der Waals surface area contributed by atoms with Crippen molar-refractivity contribution in [1.29, 1.82) is 5.26 Å². The molecule has 1 amide bonds. The molecule has 1 aromatic heterocycles. The van der Waals surface area contributed by atoms with Crippen molar-refractivity contribution in [3.63, 3.8) is 0 Å². The van der Waals surface area contributed by atoms with E-state index < -0.39 is 0 Å². The monoisotopic (exact) mass is 466 g/mol. The number of hydrogen-bond acceptors (Lipinski definition) is 6. The van der Waals surface area contributed by atoms with Gasteiger partial charge in [-0.1, -0.05) is 35.9 Å². The van der Waals surface area contributed by atoms with Gasteiger partial charge in [0.25, 0.3) is 11.5 Å². The van der Waals surface area contributed by atoms with E-state index in [0.717, 1.165) is 5.56 Å². The van der Waals surface area contributed by atoms with Crippen LogP contribution in [0.25, 0.3) is 22.6 Å². The molecule has 0 fully saturated rings. The van der Waals surface area contributed by atoms with Gasteiger partial charge in [0.1, 0.15) is 6.07 Å². The van der Waals surface area contributed by atoms with Crippen LogP contribution in [0.4, 0.5) is 5.69 Å². The van der Waals surface area contributed by atoms with Crippen LogP contribution in [-0.2, 0) is 4.79 Å². The van der Waals surface area contributed by atoms with Crippen molar-refractivity contribution in [2.24, 2.45) is 0 Å². The van der Waals surface area contributed by atoms with E-state index in [9.17, 15) is 14.9 Å². The first kappa shape index (κ1) is 23.3. The predicted octanol–water partition coefficient (Wildman–Crippen LogP) is 4.32. The number of para-hydroxylation sites is 1. The van der Waals surface area contributed by atoms with Gasteiger partial charge in [0, 0.05) is 5.69 Å². The van der Waals surface area contributed by atoms with Crippen LogP contribution in [0, 0.1) is 18.3 Å². The molecule has 4 rings (SSSR count). The van der Waals surface area contributed by atoms with E-state index in [-0.39, 0.29) is 29.5 Å². The van der Waals surface area contributed by atoms with Gasteiger partial charge in [0.05, 0.1) is 23.6 Å². The first-order chi connectivity index (χ1) is 17.0. The first-order valence-corrected chi connectivity index (χ1v) is 10.8. The Bertz CT molecular complexity index is 1520. The van der Waals surface area contributed by atoms with Crippen molar-refractivity contribution >= 4 is 34.1 Å². The molecule has 0 unspecified atom stereocenters. The van der Waals surface area contributed by atoms with Crippen LogP contribution >= 0.6 is 0 Å². The number of methoxy groups -OCH3 is 1. The van der Waals surface area contributed by atoms with E-state index in [1.54, 1.807) is 48.5 Å². The molecule has 35 heavy (non-hydrogen) atoms. The van der Waals surface area contributed by atoms with Crippen LogP contribution in [0.1, 0.15) is 17.0 Å². The lowest BCUT2D eigenvalue weighted by Crippen LogP contribution is -2.20. The minimum Gasteiger partial charge on any atom is -0.493 e. The highest BCUT2D eigenvalue weighted by atomic mass is 16.5. The van der Waals surface area contributed by atoms with Crippen molar-refractivity contribution in [1.82, 2.24) is 9.97 Å². The number of fused-ring (bicyclic) bond motifs is 1. The maximum atomic E-state index is 12.4. The summed E-state index contributed by atoms with van der Waals surface area (Å²) in [6, 6.07) is 21.5. The summed E-state index contributed by atoms with van der Waals surface area (Å²) in [7, 11) is 1.48. The second-order valence-corrected chi connectivity index (χ2v) is 7.71. The zero-order valence-electron chi connectivity index (χ0n) is 19.2. The highest BCUT2D eigenvalue weighted by Gasteiger charge is 2.11. The molecule has 0 saturated carbocycles. The number of hydrogen-bond donors (Lipinski definition) is 2. The third-order valence-corrected chi connectivity index (χ3v) is 5.18. The number of nitriles is 1. The Morgan fingerprint density at radius 2 is 1.89 bits per heavy atom. The molecule has 0 saturated heterocycles. The Labute approximate surface area is 201 Å². The Morgan fingerprint density at radius 3 is 2.63 bits per heavy atom. The molecule has 0 bridgehead atoms. The molecule has 0 spiro atoms. The van der Waals surface area contributed by atoms with Crippen LogP contribution in [0.15, 0.2) is 71.5 Å². The standard InChI is InChI=1S/C27H22N4O4/c1-17-7-10-20(11-8-17)29-25(32)16-35-23-12-9-18(14-24(23)34-2)13-19(15-28)26-30-22-6-4-3-5-21(22)27(33)31-26/h3-14H,16H2,1-2H3,(H,29,32)(H,30,31,33)/b19-13+. The molecule has 3 aromatic carbocycles. The summed E-state index contributed by atoms with van der Waals surface area (Å²) < 4.78 is 11.0. The smallest absolute Gasteiger partial charge is 0.262 e. The second kappa shape index (κ2) is 10.4. The van der Waals surface area contributed by atoms with Crippen LogP contribution in [0.2, 0.25) is 0 Å². The Kier molecular flexibility index (Phi) is 6.88. The molecule has 1 heterocycles. The number of anilines is 1. The number of H-pyrrole nitrogens is 1. The fraction of sp³-hybridized carbons (Fsp3) is 0.111. The van der Waals surface area contributed by atoms with Crippen LogP contribution in [0.3, 0.4) is 0 Å². The summed E-state index contributed by atoms with van der Waals surface area (Å²) in [5, 5.41) is 12.9. The minimum absolute atomic E-state index is 0.170. The largest absolute Gasteiger partial charge is 0.493 e. The molecule has 0 aliphatic carbocycles. The molecule has 0 atom stereocenters. The van der Waals surface area contributed by atoms with Crippen molar-refractivity contribution < 1.29 is 14.3 Å². The molecule has 8 nitrogen and oxygen atoms in total. The molecule has 0 aliphatic heterocycles. The van der Waals surface area contributed by atoms with Crippen molar-refractivity contribution in [3.05, 3.63) is 94.0 Å². The number of aryl methyl sites for hydroxylation is 1. The lowest BCUT2D eigenvalue weighted by Gasteiger charge is -2.12. The van der Waals surface area contributed by atoms with Gasteiger partial charge in [-0.05, 0) is 55.0 Å². The third kappa shape index (κ3) is 5.54. The van der Waals surface area contributed by atoms with Gasteiger partial charge < -0.3 is 19.8 Å². The van der Waals surface area contributed by atoms with Gasteiger partial charge in [0.2, 0.25) is 0 Å². The summed E-state index contributed by atoms with van der Waals surface area (Å²) in [6.45, 7) is 1.77. The number of nitrogens with zero attached hydrogens (tertiary/aromatic N) is 2. The number of carbonyl (C=O) groups excluding carboxylic acids is 1. The summed E-state index contributed by atoms with van der Waals surface area (Å²) in [5.74, 6) is 0.625. The quantitative estimate of drug-likeness (QED) is 0.392. The number of rotatable bonds is 7. The van der Waals surface area contributed by atoms with E-state index in [2.05, 4.69) is 21.4 Å². The molecule has 4 aromatic rings. The van der Waals surface area contributed by atoms with Crippen LogP contribution in [0.5, 0.6) is 11.5 Å². The van der Waals surface area contributed by atoms with E-state index >= 15 is 0 Å². The third-order valence-electron chi connectivity index (χ3n) is 5.18. The lowest BCUT2D eigenvalue weighted by molar-refractivity contribution is -0.118. The fourth-order valence-corrected chi connectivity index (χ4v) is 3.40. The lowest BCUT2D eigenvalue weighted by atomic mass is 10.1. The average Bonchev–Trinajstić information content (AvgIpc) is 2.87. The van der Waals surface area contributed by atoms with Crippen LogP contribution in [-0.4, -0.2) is 29.6 Å². The van der Waals surface area contributed by atoms with Gasteiger partial charge in [-0.15, -0.1) is 0 Å². The molecule has 8 heteroatoms. The van der Waals surface area contributed by atoms with Crippen LogP contribution < -0.4 is 20.3 Å². The molecular formula is C27H22N4O4. The van der Waals surface area contributed by atoms with E-state index in [1.165, 1.54) is 7.11 Å². The SMILES string of the molecule is COc1cc(/C=C(\C#N)c2nc3ccccc3c(=O)[nH]2)ccc1OCC(=O)Nc1ccc(C)cc1. The number of carbonyl (C=O) groups is 1. The Balaban J connectivity index is 1.52. The first-order valence-electron chi connectivity index (χ1n) is 10.8. The number of aromatic amines is 1. The average molecular weight is 466 g/mol. The van der Waals surface area contributed by atoms with Crippen molar-refractivity contribution in [3.8, 4) is 17.6 Å². The number of aromatic nitrogens is 2. The number of amides is 1. The zero-order chi connectivity index (χ0) is 24.8. The Morgan fingerprint density at radius 1 is 1.11 bits per heavy atom. The molecule has 174 valence electrons. The van der Waals surface area contributed by atoms with E-state index in [0.29, 0.717) is 33.7 Å². The van der Waals surface area contributed by atoms with E-state index in [1.807, 2.05) is 31.2 Å². The van der Waals surface area contributed by atoms with E-state index in [4.69, 9.17) is 9.47 Å². The maximum absolute atomic E-state index is 12.4. The Hall–Kier alpha value is -4.90. The maximum Gasteiger partial charge on any atom is 0.262 e.